The highest BCUT2D eigenvalue weighted by Crippen LogP contribution is 2.30. The molecule has 0 aromatic rings. The fourth-order valence-corrected chi connectivity index (χ4v) is 4.24. The van der Waals surface area contributed by atoms with Crippen molar-refractivity contribution in [3.05, 3.63) is 10.8 Å². The molecule has 1 N–H and O–H groups in total. The van der Waals surface area contributed by atoms with Crippen LogP contribution in [0.5, 0.6) is 0 Å². The second-order valence-electron chi connectivity index (χ2n) is 4.70. The van der Waals surface area contributed by atoms with Crippen molar-refractivity contribution in [2.75, 3.05) is 6.61 Å². The lowest BCUT2D eigenvalue weighted by Gasteiger charge is -2.28. The van der Waals surface area contributed by atoms with Crippen molar-refractivity contribution < 1.29 is 5.11 Å². The van der Waals surface area contributed by atoms with Gasteiger partial charge in [-0.25, -0.2) is 0 Å². The lowest BCUT2D eigenvalue weighted by Crippen LogP contribution is -2.28. The Morgan fingerprint density at radius 2 is 1.75 bits per heavy atom. The molecule has 0 heterocycles. The van der Waals surface area contributed by atoms with E-state index < -0.39 is 8.07 Å². The summed E-state index contributed by atoms with van der Waals surface area (Å²) in [5.74, 6) is 0. The predicted molar refractivity (Wildman–Crippen MR) is 55.9 cm³/mol. The first kappa shape index (κ1) is 10.0. The quantitative estimate of drug-likeness (QED) is 0.654. The highest BCUT2D eigenvalue weighted by Gasteiger charge is 2.24. The van der Waals surface area contributed by atoms with Crippen molar-refractivity contribution in [1.82, 2.24) is 0 Å². The van der Waals surface area contributed by atoms with Gasteiger partial charge in [0.1, 0.15) is 0 Å². The predicted octanol–water partition coefficient (Wildman–Crippen LogP) is 2.73. The average molecular weight is 184 g/mol. The van der Waals surface area contributed by atoms with E-state index in [9.17, 15) is 5.11 Å². The molecule has 1 rings (SSSR count). The van der Waals surface area contributed by atoms with Crippen LogP contribution >= 0.6 is 0 Å². The Kier molecular flexibility index (Phi) is 3.13. The highest BCUT2D eigenvalue weighted by molar-refractivity contribution is 6.83. The largest absolute Gasteiger partial charge is 0.392 e. The molecule has 0 amide bonds. The smallest absolute Gasteiger partial charge is 0.0724 e. The van der Waals surface area contributed by atoms with Gasteiger partial charge in [0.25, 0.3) is 0 Å². The summed E-state index contributed by atoms with van der Waals surface area (Å²) in [5.41, 5.74) is 1.36. The van der Waals surface area contributed by atoms with E-state index in [0.717, 1.165) is 6.42 Å². The Labute approximate surface area is 76.5 Å². The minimum absolute atomic E-state index is 0.305. The molecule has 0 aromatic carbocycles. The summed E-state index contributed by atoms with van der Waals surface area (Å²) in [6, 6.07) is 0. The van der Waals surface area contributed by atoms with E-state index in [0.29, 0.717) is 6.61 Å². The van der Waals surface area contributed by atoms with E-state index in [1.165, 1.54) is 24.8 Å². The molecule has 70 valence electrons. The molecule has 0 aromatic heterocycles. The van der Waals surface area contributed by atoms with Gasteiger partial charge in [-0.2, -0.15) is 0 Å². The van der Waals surface area contributed by atoms with Crippen molar-refractivity contribution in [2.24, 2.45) is 0 Å². The summed E-state index contributed by atoms with van der Waals surface area (Å²) in [6.07, 6.45) is 5.02. The number of hydrogen-bond acceptors (Lipinski definition) is 1. The van der Waals surface area contributed by atoms with Gasteiger partial charge >= 0.3 is 0 Å². The third-order valence-corrected chi connectivity index (χ3v) is 5.09. The summed E-state index contributed by atoms with van der Waals surface area (Å²) >= 11 is 0. The number of aliphatic hydroxyl groups is 1. The maximum atomic E-state index is 9.19. The molecule has 0 bridgehead atoms. The molecule has 1 aliphatic rings. The first-order chi connectivity index (χ1) is 5.55. The van der Waals surface area contributed by atoms with Crippen LogP contribution in [0.2, 0.25) is 19.6 Å². The van der Waals surface area contributed by atoms with E-state index in [1.54, 1.807) is 5.20 Å². The molecule has 0 saturated carbocycles. The molecule has 0 saturated heterocycles. The van der Waals surface area contributed by atoms with Crippen LogP contribution in [0.15, 0.2) is 10.8 Å². The van der Waals surface area contributed by atoms with Crippen LogP contribution in [0, 0.1) is 0 Å². The molecule has 0 spiro atoms. The highest BCUT2D eigenvalue weighted by atomic mass is 28.3. The summed E-state index contributed by atoms with van der Waals surface area (Å²) < 4.78 is 0. The fraction of sp³-hybridized carbons (Fsp3) is 0.800. The first-order valence-electron chi connectivity index (χ1n) is 4.88. The maximum Gasteiger partial charge on any atom is 0.0724 e. The summed E-state index contributed by atoms with van der Waals surface area (Å²) in [5, 5.41) is 10.8. The maximum absolute atomic E-state index is 9.19. The van der Waals surface area contributed by atoms with Gasteiger partial charge < -0.3 is 5.11 Å². The monoisotopic (exact) mass is 184 g/mol. The lowest BCUT2D eigenvalue weighted by atomic mass is 10.00. The Bertz CT molecular complexity index is 189. The molecular formula is C10H20OSi. The molecule has 1 nitrogen and oxygen atoms in total. The Morgan fingerprint density at radius 1 is 1.17 bits per heavy atom. The van der Waals surface area contributed by atoms with Crippen molar-refractivity contribution >= 4 is 8.07 Å². The molecule has 0 radical (unpaired) electrons. The van der Waals surface area contributed by atoms with Crippen molar-refractivity contribution in [2.45, 2.75) is 45.3 Å². The van der Waals surface area contributed by atoms with Gasteiger partial charge in [0.15, 0.2) is 0 Å². The zero-order chi connectivity index (χ0) is 9.19. The van der Waals surface area contributed by atoms with E-state index in [4.69, 9.17) is 0 Å². The molecule has 2 heteroatoms. The molecule has 0 unspecified atom stereocenters. The second kappa shape index (κ2) is 3.75. The van der Waals surface area contributed by atoms with Gasteiger partial charge in [0.05, 0.1) is 14.7 Å². The topological polar surface area (TPSA) is 20.2 Å². The molecule has 1 aliphatic carbocycles. The molecule has 0 atom stereocenters. The van der Waals surface area contributed by atoms with Crippen LogP contribution in [0.1, 0.15) is 25.7 Å². The van der Waals surface area contributed by atoms with E-state index in [-0.39, 0.29) is 0 Å². The number of rotatable bonds is 2. The number of allylic oxidation sites excluding steroid dienone is 1. The van der Waals surface area contributed by atoms with Crippen LogP contribution in [-0.4, -0.2) is 19.8 Å². The van der Waals surface area contributed by atoms with Crippen LogP contribution in [0.3, 0.4) is 0 Å². The Balaban J connectivity index is 2.87. The van der Waals surface area contributed by atoms with Crippen LogP contribution in [0.4, 0.5) is 0 Å². The Morgan fingerprint density at radius 3 is 2.17 bits per heavy atom. The number of hydrogen-bond donors (Lipinski definition) is 1. The molecule has 0 aliphatic heterocycles. The summed E-state index contributed by atoms with van der Waals surface area (Å²) in [7, 11) is -1.12. The normalized spacial score (nSPS) is 20.0. The zero-order valence-corrected chi connectivity index (χ0v) is 9.48. The minimum atomic E-state index is -1.12. The van der Waals surface area contributed by atoms with Crippen LogP contribution in [-0.2, 0) is 0 Å². The van der Waals surface area contributed by atoms with Crippen molar-refractivity contribution in [3.8, 4) is 0 Å². The van der Waals surface area contributed by atoms with E-state index in [1.807, 2.05) is 0 Å². The molecular weight excluding hydrogens is 164 g/mol. The second-order valence-corrected chi connectivity index (χ2v) is 9.80. The third kappa shape index (κ3) is 2.20. The Hall–Kier alpha value is -0.0831. The van der Waals surface area contributed by atoms with E-state index >= 15 is 0 Å². The SMILES string of the molecule is C[Si](C)(C)C1=C(CO)CCCC1. The van der Waals surface area contributed by atoms with Gasteiger partial charge in [-0.15, -0.1) is 0 Å². The van der Waals surface area contributed by atoms with E-state index in [2.05, 4.69) is 19.6 Å². The van der Waals surface area contributed by atoms with Gasteiger partial charge in [-0.3, -0.25) is 0 Å². The summed E-state index contributed by atoms with van der Waals surface area (Å²) in [6.45, 7) is 7.44. The van der Waals surface area contributed by atoms with Crippen molar-refractivity contribution in [3.63, 3.8) is 0 Å². The van der Waals surface area contributed by atoms with Gasteiger partial charge in [0.2, 0.25) is 0 Å². The molecule has 0 fully saturated rings. The standard InChI is InChI=1S/C10H20OSi/c1-12(2,3)10-7-5-4-6-9(10)8-11/h11H,4-8H2,1-3H3. The van der Waals surface area contributed by atoms with Crippen LogP contribution < -0.4 is 0 Å². The molecule has 12 heavy (non-hydrogen) atoms. The summed E-state index contributed by atoms with van der Waals surface area (Å²) in [4.78, 5) is 0. The van der Waals surface area contributed by atoms with Crippen LogP contribution in [0.25, 0.3) is 0 Å². The minimum Gasteiger partial charge on any atom is -0.392 e. The first-order valence-corrected chi connectivity index (χ1v) is 8.38. The fourth-order valence-electron chi connectivity index (χ4n) is 2.05. The van der Waals surface area contributed by atoms with Gasteiger partial charge in [-0.1, -0.05) is 24.8 Å². The third-order valence-electron chi connectivity index (χ3n) is 2.68. The average Bonchev–Trinajstić information content (AvgIpc) is 2.03. The zero-order valence-electron chi connectivity index (χ0n) is 8.48. The van der Waals surface area contributed by atoms with Crippen molar-refractivity contribution in [1.29, 1.82) is 0 Å². The lowest BCUT2D eigenvalue weighted by molar-refractivity contribution is 0.322. The number of aliphatic hydroxyl groups excluding tert-OH is 1. The van der Waals surface area contributed by atoms with Gasteiger partial charge in [0, 0.05) is 0 Å². The van der Waals surface area contributed by atoms with Gasteiger partial charge in [-0.05, 0) is 31.3 Å².